The van der Waals surface area contributed by atoms with E-state index >= 15 is 0 Å². The van der Waals surface area contributed by atoms with Gasteiger partial charge in [-0.05, 0) is 33.7 Å². The summed E-state index contributed by atoms with van der Waals surface area (Å²) in [4.78, 5) is 11.5. The maximum absolute atomic E-state index is 5.47. The van der Waals surface area contributed by atoms with Gasteiger partial charge in [-0.3, -0.25) is 0 Å². The number of hydrogen-bond acceptors (Lipinski definition) is 7. The van der Waals surface area contributed by atoms with E-state index in [1.54, 1.807) is 11.3 Å². The summed E-state index contributed by atoms with van der Waals surface area (Å²) in [5.41, 5.74) is 1.10. The fourth-order valence-corrected chi connectivity index (χ4v) is 3.55. The highest BCUT2D eigenvalue weighted by Gasteiger charge is 2.26. The second kappa shape index (κ2) is 6.75. The van der Waals surface area contributed by atoms with E-state index in [2.05, 4.69) is 37.6 Å². The van der Waals surface area contributed by atoms with Crippen LogP contribution in [-0.2, 0) is 6.42 Å². The van der Waals surface area contributed by atoms with E-state index in [9.17, 15) is 0 Å². The van der Waals surface area contributed by atoms with E-state index in [1.165, 1.54) is 0 Å². The van der Waals surface area contributed by atoms with E-state index in [1.807, 2.05) is 14.0 Å². The molecule has 0 saturated carbocycles. The van der Waals surface area contributed by atoms with E-state index in [4.69, 9.17) is 4.52 Å². The second-order valence-corrected chi connectivity index (χ2v) is 6.81. The summed E-state index contributed by atoms with van der Waals surface area (Å²) in [6.07, 6.45) is 2.89. The van der Waals surface area contributed by atoms with Gasteiger partial charge in [0, 0.05) is 36.9 Å². The van der Waals surface area contributed by atoms with Gasteiger partial charge in [0.25, 0.3) is 0 Å². The number of nitrogens with zero attached hydrogens (tertiary/aromatic N) is 4. The third-order valence-electron chi connectivity index (χ3n) is 4.19. The first-order chi connectivity index (χ1) is 10.7. The standard InChI is InChI=1S/C15H23N5OS/c1-10(16-3)8-13-18-14(21-19-13)12-4-6-20(7-5-12)15-17-11(2)9-22-15/h9-10,12,16H,4-8H2,1-3H3. The molecule has 0 radical (unpaired) electrons. The first-order valence-corrected chi connectivity index (χ1v) is 8.70. The van der Waals surface area contributed by atoms with Gasteiger partial charge < -0.3 is 14.7 Å². The van der Waals surface area contributed by atoms with E-state index in [-0.39, 0.29) is 0 Å². The van der Waals surface area contributed by atoms with Crippen molar-refractivity contribution in [3.05, 3.63) is 22.8 Å². The lowest BCUT2D eigenvalue weighted by Crippen LogP contribution is -2.32. The first-order valence-electron chi connectivity index (χ1n) is 7.82. The molecule has 6 nitrogen and oxygen atoms in total. The Morgan fingerprint density at radius 1 is 1.41 bits per heavy atom. The Morgan fingerprint density at radius 3 is 2.82 bits per heavy atom. The number of hydrogen-bond donors (Lipinski definition) is 1. The lowest BCUT2D eigenvalue weighted by atomic mass is 9.97. The molecule has 0 aromatic carbocycles. The third kappa shape index (κ3) is 3.47. The number of nitrogens with one attached hydrogen (secondary N) is 1. The number of rotatable bonds is 5. The highest BCUT2D eigenvalue weighted by Crippen LogP contribution is 2.30. The zero-order chi connectivity index (χ0) is 15.5. The molecule has 0 bridgehead atoms. The molecule has 1 saturated heterocycles. The molecule has 1 unspecified atom stereocenters. The summed E-state index contributed by atoms with van der Waals surface area (Å²) in [6, 6.07) is 0.362. The number of anilines is 1. The summed E-state index contributed by atoms with van der Waals surface area (Å²) in [7, 11) is 1.95. The van der Waals surface area contributed by atoms with Crippen LogP contribution in [-0.4, -0.2) is 41.3 Å². The van der Waals surface area contributed by atoms with Crippen LogP contribution in [0.4, 0.5) is 5.13 Å². The second-order valence-electron chi connectivity index (χ2n) is 5.98. The minimum Gasteiger partial charge on any atom is -0.348 e. The largest absolute Gasteiger partial charge is 0.348 e. The summed E-state index contributed by atoms with van der Waals surface area (Å²) in [6.45, 7) is 6.16. The normalized spacial score (nSPS) is 17.9. The van der Waals surface area contributed by atoms with Crippen molar-refractivity contribution >= 4 is 16.5 Å². The molecule has 1 aliphatic rings. The van der Waals surface area contributed by atoms with Crippen molar-refractivity contribution in [1.82, 2.24) is 20.4 Å². The molecule has 22 heavy (non-hydrogen) atoms. The Balaban J connectivity index is 1.57. The lowest BCUT2D eigenvalue weighted by molar-refractivity contribution is 0.326. The Hall–Kier alpha value is -1.47. The number of likely N-dealkylation sites (N-methyl/N-ethyl adjacent to an activating group) is 1. The summed E-state index contributed by atoms with van der Waals surface area (Å²) < 4.78 is 5.47. The van der Waals surface area contributed by atoms with Crippen LogP contribution in [0, 0.1) is 6.92 Å². The monoisotopic (exact) mass is 321 g/mol. The fourth-order valence-electron chi connectivity index (χ4n) is 2.70. The van der Waals surface area contributed by atoms with Crippen molar-refractivity contribution in [2.75, 3.05) is 25.0 Å². The molecule has 0 spiro atoms. The minimum atomic E-state index is 0.362. The van der Waals surface area contributed by atoms with Gasteiger partial charge in [0.15, 0.2) is 11.0 Å². The Morgan fingerprint density at radius 2 is 2.18 bits per heavy atom. The Bertz CT molecular complexity index is 603. The smallest absolute Gasteiger partial charge is 0.229 e. The summed E-state index contributed by atoms with van der Waals surface area (Å²) in [5, 5.41) is 10.5. The van der Waals surface area contributed by atoms with Crippen molar-refractivity contribution in [1.29, 1.82) is 0 Å². The van der Waals surface area contributed by atoms with Gasteiger partial charge in [0.2, 0.25) is 5.89 Å². The fraction of sp³-hybridized carbons (Fsp3) is 0.667. The molecular weight excluding hydrogens is 298 g/mol. The molecule has 3 heterocycles. The maximum Gasteiger partial charge on any atom is 0.229 e. The van der Waals surface area contributed by atoms with Crippen LogP contribution in [0.25, 0.3) is 0 Å². The van der Waals surface area contributed by atoms with Crippen molar-refractivity contribution < 1.29 is 4.52 Å². The van der Waals surface area contributed by atoms with Crippen LogP contribution >= 0.6 is 11.3 Å². The van der Waals surface area contributed by atoms with Gasteiger partial charge in [-0.2, -0.15) is 4.98 Å². The number of thiazole rings is 1. The number of piperidine rings is 1. The van der Waals surface area contributed by atoms with Gasteiger partial charge in [-0.15, -0.1) is 11.3 Å². The zero-order valence-corrected chi connectivity index (χ0v) is 14.2. The van der Waals surface area contributed by atoms with Gasteiger partial charge in [-0.1, -0.05) is 5.16 Å². The van der Waals surface area contributed by atoms with Crippen LogP contribution in [0.15, 0.2) is 9.90 Å². The van der Waals surface area contributed by atoms with Crippen LogP contribution in [0.2, 0.25) is 0 Å². The Labute approximate surface area is 134 Å². The van der Waals surface area contributed by atoms with Crippen molar-refractivity contribution in [3.8, 4) is 0 Å². The van der Waals surface area contributed by atoms with Crippen LogP contribution in [0.5, 0.6) is 0 Å². The highest BCUT2D eigenvalue weighted by atomic mass is 32.1. The maximum atomic E-state index is 5.47. The van der Waals surface area contributed by atoms with Crippen LogP contribution < -0.4 is 10.2 Å². The minimum absolute atomic E-state index is 0.362. The molecule has 1 N–H and O–H groups in total. The van der Waals surface area contributed by atoms with E-state index < -0.39 is 0 Å². The molecule has 1 atom stereocenters. The molecule has 1 fully saturated rings. The SMILES string of the molecule is CNC(C)Cc1noc(C2CCN(c3nc(C)cs3)CC2)n1. The van der Waals surface area contributed by atoms with Gasteiger partial charge in [0.05, 0.1) is 5.69 Å². The first kappa shape index (κ1) is 15.4. The topological polar surface area (TPSA) is 67.1 Å². The molecule has 120 valence electrons. The lowest BCUT2D eigenvalue weighted by Gasteiger charge is -2.29. The number of aromatic nitrogens is 3. The Kier molecular flexibility index (Phi) is 4.73. The molecule has 1 aliphatic heterocycles. The zero-order valence-electron chi connectivity index (χ0n) is 13.4. The summed E-state index contributed by atoms with van der Waals surface area (Å²) in [5.74, 6) is 1.98. The van der Waals surface area contributed by atoms with Crippen LogP contribution in [0.3, 0.4) is 0 Å². The molecule has 2 aromatic rings. The quantitative estimate of drug-likeness (QED) is 0.912. The van der Waals surface area contributed by atoms with Crippen molar-refractivity contribution in [2.24, 2.45) is 0 Å². The predicted molar refractivity (Wildman–Crippen MR) is 87.6 cm³/mol. The molecule has 7 heteroatoms. The molecule has 3 rings (SSSR count). The van der Waals surface area contributed by atoms with Gasteiger partial charge in [-0.25, -0.2) is 4.98 Å². The molecule has 0 amide bonds. The predicted octanol–water partition coefficient (Wildman–Crippen LogP) is 2.37. The van der Waals surface area contributed by atoms with Crippen molar-refractivity contribution in [2.45, 2.75) is 45.1 Å². The molecular formula is C15H23N5OS. The molecule has 0 aliphatic carbocycles. The highest BCUT2D eigenvalue weighted by molar-refractivity contribution is 7.13. The summed E-state index contributed by atoms with van der Waals surface area (Å²) >= 11 is 1.72. The van der Waals surface area contributed by atoms with Gasteiger partial charge in [0.1, 0.15) is 0 Å². The molecule has 2 aromatic heterocycles. The van der Waals surface area contributed by atoms with Crippen LogP contribution in [0.1, 0.15) is 43.1 Å². The van der Waals surface area contributed by atoms with E-state index in [0.717, 1.165) is 54.9 Å². The van der Waals surface area contributed by atoms with Gasteiger partial charge >= 0.3 is 0 Å². The van der Waals surface area contributed by atoms with Crippen molar-refractivity contribution in [3.63, 3.8) is 0 Å². The third-order valence-corrected chi connectivity index (χ3v) is 5.21. The number of aryl methyl sites for hydroxylation is 1. The van der Waals surface area contributed by atoms with E-state index in [0.29, 0.717) is 12.0 Å². The average molecular weight is 321 g/mol. The average Bonchev–Trinajstić information content (AvgIpc) is 3.16.